The minimum Gasteiger partial charge on any atom is -0.243 e. The van der Waals surface area contributed by atoms with Gasteiger partial charge in [0.1, 0.15) is 6.33 Å². The van der Waals surface area contributed by atoms with Crippen LogP contribution in [0.3, 0.4) is 0 Å². The molecule has 0 fully saturated rings. The predicted molar refractivity (Wildman–Crippen MR) is 32.7 cm³/mol. The van der Waals surface area contributed by atoms with Gasteiger partial charge in [0.25, 0.3) is 0 Å². The average Bonchev–Trinajstić information content (AvgIpc) is 2.19. The normalized spacial score (nSPS) is 8.00. The number of thiocarbonyl (C=S) groups is 1. The second-order valence-electron chi connectivity index (χ2n) is 1.13. The molecule has 0 aliphatic heterocycles. The van der Waals surface area contributed by atoms with Crippen LogP contribution in [0.4, 0.5) is 0 Å². The number of hydrogen-bond acceptors (Lipinski definition) is 3. The second-order valence-corrected chi connectivity index (χ2v) is 1.32. The summed E-state index contributed by atoms with van der Waals surface area (Å²) in [5.41, 5.74) is 0. The van der Waals surface area contributed by atoms with Gasteiger partial charge in [-0.1, -0.05) is 0 Å². The maximum absolute atomic E-state index is 4.33. The highest BCUT2D eigenvalue weighted by molar-refractivity contribution is 7.78. The van der Waals surface area contributed by atoms with Gasteiger partial charge in [0.05, 0.1) is 5.16 Å². The number of aromatic nitrogens is 2. The first-order valence-corrected chi connectivity index (χ1v) is 2.40. The molecule has 4 heteroatoms. The number of rotatable bonds is 1. The Kier molecular flexibility index (Phi) is 1.51. The number of hydrogen-bond donors (Lipinski definition) is 0. The molecule has 0 aromatic carbocycles. The molecule has 0 radical (unpaired) electrons. The lowest BCUT2D eigenvalue weighted by atomic mass is 11.0. The van der Waals surface area contributed by atoms with E-state index >= 15 is 0 Å². The van der Waals surface area contributed by atoms with Crippen LogP contribution in [0, 0.1) is 0 Å². The van der Waals surface area contributed by atoms with Crippen molar-refractivity contribution in [1.29, 1.82) is 0 Å². The van der Waals surface area contributed by atoms with Gasteiger partial charge in [0, 0.05) is 12.4 Å². The monoisotopic (exact) mass is 125 g/mol. The zero-order valence-corrected chi connectivity index (χ0v) is 4.80. The number of isothiocyanates is 1. The van der Waals surface area contributed by atoms with Gasteiger partial charge >= 0.3 is 0 Å². The Morgan fingerprint density at radius 1 is 1.75 bits per heavy atom. The summed E-state index contributed by atoms with van der Waals surface area (Å²) >= 11 is 4.33. The van der Waals surface area contributed by atoms with Gasteiger partial charge in [0.2, 0.25) is 0 Å². The van der Waals surface area contributed by atoms with Crippen molar-refractivity contribution in [2.45, 2.75) is 0 Å². The third-order valence-electron chi connectivity index (χ3n) is 0.647. The fraction of sp³-hybridized carbons (Fsp3) is 0. The average molecular weight is 125 g/mol. The first-order valence-electron chi connectivity index (χ1n) is 1.99. The SMILES string of the molecule is S=C=Nn1ccnc1. The van der Waals surface area contributed by atoms with Gasteiger partial charge < -0.3 is 0 Å². The van der Waals surface area contributed by atoms with E-state index in [4.69, 9.17) is 0 Å². The molecule has 0 aliphatic carbocycles. The van der Waals surface area contributed by atoms with Gasteiger partial charge in [-0.25, -0.2) is 9.66 Å². The largest absolute Gasteiger partial charge is 0.243 e. The summed E-state index contributed by atoms with van der Waals surface area (Å²) in [6, 6.07) is 0. The summed E-state index contributed by atoms with van der Waals surface area (Å²) in [6.07, 6.45) is 4.84. The van der Waals surface area contributed by atoms with Gasteiger partial charge in [-0.3, -0.25) is 0 Å². The third-order valence-corrected chi connectivity index (χ3v) is 0.728. The molecule has 1 aromatic heterocycles. The zero-order chi connectivity index (χ0) is 5.82. The minimum absolute atomic E-state index is 1.48. The van der Waals surface area contributed by atoms with E-state index in [1.54, 1.807) is 18.7 Å². The molecule has 1 rings (SSSR count). The van der Waals surface area contributed by atoms with Crippen LogP contribution in [0.5, 0.6) is 0 Å². The van der Waals surface area contributed by atoms with Crippen molar-refractivity contribution >= 4 is 17.4 Å². The summed E-state index contributed by atoms with van der Waals surface area (Å²) < 4.78 is 1.48. The molecule has 0 bridgehead atoms. The van der Waals surface area contributed by atoms with Crippen LogP contribution in [0.15, 0.2) is 23.8 Å². The maximum Gasteiger partial charge on any atom is 0.117 e. The van der Waals surface area contributed by atoms with E-state index in [9.17, 15) is 0 Å². The Balaban J connectivity index is 2.93. The molecule has 0 spiro atoms. The molecule has 40 valence electrons. The van der Waals surface area contributed by atoms with Crippen molar-refractivity contribution in [3.8, 4) is 0 Å². The molecule has 0 amide bonds. The number of imidazole rings is 1. The fourth-order valence-electron chi connectivity index (χ4n) is 0.358. The second kappa shape index (κ2) is 2.35. The Labute approximate surface area is 51.7 Å². The van der Waals surface area contributed by atoms with Gasteiger partial charge in [-0.15, -0.1) is 5.10 Å². The molecular formula is C4H3N3S. The van der Waals surface area contributed by atoms with Gasteiger partial charge in [0.15, 0.2) is 0 Å². The Morgan fingerprint density at radius 3 is 3.12 bits per heavy atom. The summed E-state index contributed by atoms with van der Waals surface area (Å²) in [5.74, 6) is 0. The standard InChI is InChI=1S/C4H3N3S/c8-4-6-7-2-1-5-3-7/h1-3H. The summed E-state index contributed by atoms with van der Waals surface area (Å²) in [4.78, 5) is 3.72. The van der Waals surface area contributed by atoms with Gasteiger partial charge in [-0.2, -0.15) is 0 Å². The Morgan fingerprint density at radius 2 is 2.62 bits per heavy atom. The summed E-state index contributed by atoms with van der Waals surface area (Å²) in [7, 11) is 0. The van der Waals surface area contributed by atoms with Crippen molar-refractivity contribution < 1.29 is 0 Å². The van der Waals surface area contributed by atoms with Crippen LogP contribution in [-0.4, -0.2) is 14.8 Å². The first kappa shape index (κ1) is 5.15. The highest BCUT2D eigenvalue weighted by atomic mass is 32.1. The van der Waals surface area contributed by atoms with Crippen LogP contribution in [-0.2, 0) is 0 Å². The van der Waals surface area contributed by atoms with Crippen LogP contribution in [0.1, 0.15) is 0 Å². The van der Waals surface area contributed by atoms with Crippen molar-refractivity contribution in [2.75, 3.05) is 0 Å². The molecule has 8 heavy (non-hydrogen) atoms. The van der Waals surface area contributed by atoms with Crippen molar-refractivity contribution in [1.82, 2.24) is 9.66 Å². The minimum atomic E-state index is 1.48. The van der Waals surface area contributed by atoms with E-state index in [0.717, 1.165) is 0 Å². The van der Waals surface area contributed by atoms with Crippen molar-refractivity contribution in [3.05, 3.63) is 18.7 Å². The molecule has 1 aromatic rings. The molecule has 0 N–H and O–H groups in total. The van der Waals surface area contributed by atoms with E-state index in [1.165, 1.54) is 4.68 Å². The van der Waals surface area contributed by atoms with E-state index in [0.29, 0.717) is 0 Å². The van der Waals surface area contributed by atoms with Crippen LogP contribution >= 0.6 is 12.2 Å². The van der Waals surface area contributed by atoms with Crippen LogP contribution in [0.25, 0.3) is 0 Å². The smallest absolute Gasteiger partial charge is 0.117 e. The molecule has 0 atom stereocenters. The van der Waals surface area contributed by atoms with Gasteiger partial charge in [-0.05, 0) is 12.2 Å². The zero-order valence-electron chi connectivity index (χ0n) is 3.98. The molecule has 3 nitrogen and oxygen atoms in total. The molecular weight excluding hydrogens is 122 g/mol. The molecule has 0 saturated heterocycles. The van der Waals surface area contributed by atoms with Crippen LogP contribution < -0.4 is 0 Å². The van der Waals surface area contributed by atoms with Crippen LogP contribution in [0.2, 0.25) is 0 Å². The quantitative estimate of drug-likeness (QED) is 0.409. The maximum atomic E-state index is 4.33. The molecule has 0 saturated carbocycles. The van der Waals surface area contributed by atoms with Crippen molar-refractivity contribution in [2.24, 2.45) is 5.10 Å². The van der Waals surface area contributed by atoms with E-state index in [2.05, 4.69) is 27.5 Å². The van der Waals surface area contributed by atoms with E-state index in [1.807, 2.05) is 0 Å². The lowest BCUT2D eigenvalue weighted by Crippen LogP contribution is -1.77. The Bertz CT molecular complexity index is 197. The highest BCUT2D eigenvalue weighted by Gasteiger charge is 1.76. The topological polar surface area (TPSA) is 30.2 Å². The summed E-state index contributed by atoms with van der Waals surface area (Å²) in [5, 5.41) is 5.79. The lowest BCUT2D eigenvalue weighted by Gasteiger charge is -1.79. The van der Waals surface area contributed by atoms with E-state index in [-0.39, 0.29) is 0 Å². The third kappa shape index (κ3) is 0.992. The predicted octanol–water partition coefficient (Wildman–Crippen LogP) is 0.749. The van der Waals surface area contributed by atoms with E-state index < -0.39 is 0 Å². The molecule has 0 aliphatic rings. The first-order chi connectivity index (χ1) is 3.93. The molecule has 0 unspecified atom stereocenters. The highest BCUT2D eigenvalue weighted by Crippen LogP contribution is 1.80. The van der Waals surface area contributed by atoms with Crippen molar-refractivity contribution in [3.63, 3.8) is 0 Å². The summed E-state index contributed by atoms with van der Waals surface area (Å²) in [6.45, 7) is 0. The fourth-order valence-corrected chi connectivity index (χ4v) is 0.453. The lowest BCUT2D eigenvalue weighted by molar-refractivity contribution is 0.885. The molecule has 1 heterocycles. The number of nitrogens with zero attached hydrogens (tertiary/aromatic N) is 3. The Hall–Kier alpha value is -0.990.